The third-order valence-corrected chi connectivity index (χ3v) is 5.36. The first kappa shape index (κ1) is 22.3. The van der Waals surface area contributed by atoms with Gasteiger partial charge in [-0.15, -0.1) is 6.42 Å². The predicted molar refractivity (Wildman–Crippen MR) is 120 cm³/mol. The van der Waals surface area contributed by atoms with Gasteiger partial charge in [-0.05, 0) is 47.7 Å². The second kappa shape index (κ2) is 10.1. The highest BCUT2D eigenvalue weighted by Crippen LogP contribution is 2.34. The summed E-state index contributed by atoms with van der Waals surface area (Å²) >= 11 is 6.77. The maximum atomic E-state index is 12.7. The number of ether oxygens (including phenoxy) is 2. The van der Waals surface area contributed by atoms with Crippen molar-refractivity contribution in [2.45, 2.75) is 0 Å². The smallest absolute Gasteiger partial charge is 0.294 e. The highest BCUT2D eigenvalue weighted by molar-refractivity contribution is 8.18. The van der Waals surface area contributed by atoms with Gasteiger partial charge in [-0.3, -0.25) is 19.3 Å². The summed E-state index contributed by atoms with van der Waals surface area (Å²) in [4.78, 5) is 38.3. The highest BCUT2D eigenvalue weighted by Gasteiger charge is 2.36. The van der Waals surface area contributed by atoms with E-state index in [1.54, 1.807) is 48.5 Å². The van der Waals surface area contributed by atoms with Crippen LogP contribution in [0.15, 0.2) is 47.4 Å². The van der Waals surface area contributed by atoms with Crippen LogP contribution in [0.2, 0.25) is 5.02 Å². The summed E-state index contributed by atoms with van der Waals surface area (Å²) < 4.78 is 10.7. The largest absolute Gasteiger partial charge is 0.493 e. The number of anilines is 1. The molecule has 7 nitrogen and oxygen atoms in total. The average molecular weight is 457 g/mol. The number of hydrogen-bond acceptors (Lipinski definition) is 6. The molecule has 0 atom stereocenters. The predicted octanol–water partition coefficient (Wildman–Crippen LogP) is 4.04. The quantitative estimate of drug-likeness (QED) is 0.500. The van der Waals surface area contributed by atoms with Gasteiger partial charge in [0.2, 0.25) is 5.91 Å². The molecule has 0 spiro atoms. The number of methoxy groups -OCH3 is 1. The van der Waals surface area contributed by atoms with Crippen LogP contribution in [0.5, 0.6) is 11.5 Å². The van der Waals surface area contributed by atoms with Gasteiger partial charge in [0.05, 0.1) is 22.7 Å². The zero-order valence-corrected chi connectivity index (χ0v) is 18.0. The number of rotatable bonds is 7. The molecule has 1 N–H and O–H groups in total. The van der Waals surface area contributed by atoms with Crippen molar-refractivity contribution in [3.05, 3.63) is 58.0 Å². The van der Waals surface area contributed by atoms with Gasteiger partial charge >= 0.3 is 0 Å². The molecular formula is C22H17ClN2O5S. The van der Waals surface area contributed by atoms with Gasteiger partial charge in [-0.1, -0.05) is 35.7 Å². The van der Waals surface area contributed by atoms with E-state index in [4.69, 9.17) is 27.5 Å². The van der Waals surface area contributed by atoms with E-state index < -0.39 is 23.6 Å². The molecule has 1 aliphatic rings. The van der Waals surface area contributed by atoms with Crippen LogP contribution in [0.3, 0.4) is 0 Å². The summed E-state index contributed by atoms with van der Waals surface area (Å²) in [6, 6.07) is 11.7. The van der Waals surface area contributed by atoms with Crippen LogP contribution in [0.25, 0.3) is 6.08 Å². The molecule has 2 aromatic rings. The van der Waals surface area contributed by atoms with E-state index >= 15 is 0 Å². The molecular weight excluding hydrogens is 440 g/mol. The van der Waals surface area contributed by atoms with E-state index in [-0.39, 0.29) is 11.5 Å². The number of carbonyl (C=O) groups is 3. The zero-order valence-electron chi connectivity index (χ0n) is 16.4. The summed E-state index contributed by atoms with van der Waals surface area (Å²) in [7, 11) is 1.48. The van der Waals surface area contributed by atoms with Gasteiger partial charge in [0.1, 0.15) is 13.2 Å². The van der Waals surface area contributed by atoms with Crippen LogP contribution in [-0.4, -0.2) is 42.2 Å². The molecule has 1 saturated heterocycles. The Labute approximate surface area is 188 Å². The number of imide groups is 1. The molecule has 0 radical (unpaired) electrons. The maximum Gasteiger partial charge on any atom is 0.294 e. The van der Waals surface area contributed by atoms with E-state index in [1.807, 2.05) is 0 Å². The van der Waals surface area contributed by atoms with E-state index in [0.29, 0.717) is 27.8 Å². The fourth-order valence-corrected chi connectivity index (χ4v) is 3.72. The number of amides is 3. The third-order valence-electron chi connectivity index (χ3n) is 4.12. The Morgan fingerprint density at radius 3 is 2.74 bits per heavy atom. The van der Waals surface area contributed by atoms with Crippen molar-refractivity contribution in [3.8, 4) is 23.8 Å². The van der Waals surface area contributed by atoms with Crippen LogP contribution < -0.4 is 14.8 Å². The Balaban J connectivity index is 1.72. The fraction of sp³-hybridized carbons (Fsp3) is 0.136. The Hall–Kier alpha value is -3.41. The number of thioether (sulfide) groups is 1. The molecule has 9 heteroatoms. The number of nitrogens with zero attached hydrogens (tertiary/aromatic N) is 1. The second-order valence-electron chi connectivity index (χ2n) is 6.20. The molecule has 1 fully saturated rings. The van der Waals surface area contributed by atoms with Crippen molar-refractivity contribution in [2.75, 3.05) is 25.6 Å². The molecule has 0 aromatic heterocycles. The van der Waals surface area contributed by atoms with E-state index in [2.05, 4.69) is 11.2 Å². The normalized spacial score (nSPS) is 14.5. The van der Waals surface area contributed by atoms with Crippen molar-refractivity contribution in [1.29, 1.82) is 0 Å². The molecule has 1 heterocycles. The summed E-state index contributed by atoms with van der Waals surface area (Å²) in [6.07, 6.45) is 6.74. The topological polar surface area (TPSA) is 84.9 Å². The van der Waals surface area contributed by atoms with E-state index in [1.165, 1.54) is 7.11 Å². The minimum absolute atomic E-state index is 0.0881. The summed E-state index contributed by atoms with van der Waals surface area (Å²) in [5.74, 6) is 2.17. The van der Waals surface area contributed by atoms with E-state index in [0.717, 1.165) is 16.7 Å². The second-order valence-corrected chi connectivity index (χ2v) is 7.60. The van der Waals surface area contributed by atoms with Gasteiger partial charge in [0.25, 0.3) is 11.1 Å². The molecule has 0 bridgehead atoms. The minimum atomic E-state index is -0.559. The number of para-hydroxylation sites is 1. The van der Waals surface area contributed by atoms with Gasteiger partial charge in [0, 0.05) is 0 Å². The van der Waals surface area contributed by atoms with Crippen molar-refractivity contribution < 1.29 is 23.9 Å². The Bertz CT molecular complexity index is 1110. The number of nitrogens with one attached hydrogen (secondary N) is 1. The highest BCUT2D eigenvalue weighted by atomic mass is 35.5. The lowest BCUT2D eigenvalue weighted by molar-refractivity contribution is -0.127. The van der Waals surface area contributed by atoms with E-state index in [9.17, 15) is 14.4 Å². The van der Waals surface area contributed by atoms with Crippen molar-refractivity contribution in [3.63, 3.8) is 0 Å². The first-order valence-corrected chi connectivity index (χ1v) is 10.2. The lowest BCUT2D eigenvalue weighted by Crippen LogP contribution is -2.36. The maximum absolute atomic E-state index is 12.7. The number of terminal acetylenes is 1. The SMILES string of the molecule is C#CCOc1ccc(/C=C2/SC(=O)N(CC(=O)Nc3ccccc3Cl)C2=O)cc1OC. The zero-order chi connectivity index (χ0) is 22.4. The molecule has 0 unspecified atom stereocenters. The Morgan fingerprint density at radius 2 is 2.03 bits per heavy atom. The van der Waals surface area contributed by atoms with Crippen LogP contribution >= 0.6 is 23.4 Å². The third kappa shape index (κ3) is 5.40. The Kier molecular flexibility index (Phi) is 7.23. The molecule has 0 aliphatic carbocycles. The number of hydrogen-bond donors (Lipinski definition) is 1. The molecule has 3 amide bonds. The first-order chi connectivity index (χ1) is 14.9. The minimum Gasteiger partial charge on any atom is -0.493 e. The van der Waals surface area contributed by atoms with Crippen LogP contribution in [0.1, 0.15) is 5.56 Å². The average Bonchev–Trinajstić information content (AvgIpc) is 3.01. The van der Waals surface area contributed by atoms with Crippen LogP contribution in [0, 0.1) is 12.3 Å². The van der Waals surface area contributed by atoms with Crippen molar-refractivity contribution >= 4 is 52.2 Å². The van der Waals surface area contributed by atoms with Crippen molar-refractivity contribution in [2.24, 2.45) is 0 Å². The van der Waals surface area contributed by atoms with Gasteiger partial charge in [-0.2, -0.15) is 0 Å². The number of carbonyl (C=O) groups excluding carboxylic acids is 3. The van der Waals surface area contributed by atoms with Gasteiger partial charge in [0.15, 0.2) is 11.5 Å². The molecule has 31 heavy (non-hydrogen) atoms. The lowest BCUT2D eigenvalue weighted by atomic mass is 10.2. The monoisotopic (exact) mass is 456 g/mol. The summed E-state index contributed by atoms with van der Waals surface area (Å²) in [6.45, 7) is -0.333. The van der Waals surface area contributed by atoms with Gasteiger partial charge < -0.3 is 14.8 Å². The molecule has 0 saturated carbocycles. The van der Waals surface area contributed by atoms with Crippen LogP contribution in [0.4, 0.5) is 10.5 Å². The Morgan fingerprint density at radius 1 is 1.26 bits per heavy atom. The first-order valence-electron chi connectivity index (χ1n) is 8.97. The standard InChI is InChI=1S/C22H17ClN2O5S/c1-3-10-30-17-9-8-14(11-18(17)29-2)12-19-21(27)25(22(28)31-19)13-20(26)24-16-7-5-4-6-15(16)23/h1,4-9,11-12H,10,13H2,2H3,(H,24,26)/b19-12+. The summed E-state index contributed by atoms with van der Waals surface area (Å²) in [5, 5.41) is 2.41. The van der Waals surface area contributed by atoms with Crippen molar-refractivity contribution in [1.82, 2.24) is 4.90 Å². The number of benzene rings is 2. The molecule has 3 rings (SSSR count). The molecule has 158 valence electrons. The molecule has 2 aromatic carbocycles. The number of halogens is 1. The summed E-state index contributed by atoms with van der Waals surface area (Å²) in [5.41, 5.74) is 1.02. The fourth-order valence-electron chi connectivity index (χ4n) is 2.70. The van der Waals surface area contributed by atoms with Crippen LogP contribution in [-0.2, 0) is 9.59 Å². The lowest BCUT2D eigenvalue weighted by Gasteiger charge is -2.13. The molecule has 1 aliphatic heterocycles. The van der Waals surface area contributed by atoms with Gasteiger partial charge in [-0.25, -0.2) is 0 Å².